The molecule has 0 spiro atoms. The van der Waals surface area contributed by atoms with Crippen molar-refractivity contribution in [3.05, 3.63) is 70.5 Å². The van der Waals surface area contributed by atoms with Crippen molar-refractivity contribution in [3.8, 4) is 22.5 Å². The fraction of sp³-hybridized carbons (Fsp3) is 0.238. The second-order valence-electron chi connectivity index (χ2n) is 6.17. The van der Waals surface area contributed by atoms with Gasteiger partial charge in [0.05, 0.1) is 22.8 Å². The van der Waals surface area contributed by atoms with Crippen molar-refractivity contribution in [2.75, 3.05) is 0 Å². The molecule has 116 valence electrons. The number of rotatable bonds is 2. The van der Waals surface area contributed by atoms with Gasteiger partial charge in [-0.2, -0.15) is 0 Å². The van der Waals surface area contributed by atoms with Crippen LogP contribution in [0.1, 0.15) is 28.1 Å². The highest BCUT2D eigenvalue weighted by Gasteiger charge is 2.15. The van der Waals surface area contributed by atoms with Gasteiger partial charge in [-0.25, -0.2) is 9.97 Å². The van der Waals surface area contributed by atoms with Crippen LogP contribution in [0.5, 0.6) is 0 Å². The molecule has 0 atom stereocenters. The molecule has 0 saturated carbocycles. The number of hydrogen-bond acceptors (Lipinski definition) is 2. The molecule has 1 heterocycles. The maximum Gasteiger partial charge on any atom is 0.0923 e. The summed E-state index contributed by atoms with van der Waals surface area (Å²) in [7, 11) is 0. The Kier molecular flexibility index (Phi) is 3.99. The number of aryl methyl sites for hydroxylation is 5. The summed E-state index contributed by atoms with van der Waals surface area (Å²) in [6.45, 7) is 10.5. The topological polar surface area (TPSA) is 25.8 Å². The van der Waals surface area contributed by atoms with E-state index in [-0.39, 0.29) is 0 Å². The number of nitrogens with zero attached hydrogens (tertiary/aromatic N) is 2. The van der Waals surface area contributed by atoms with E-state index in [4.69, 9.17) is 9.97 Å². The lowest BCUT2D eigenvalue weighted by Gasteiger charge is -2.15. The van der Waals surface area contributed by atoms with Crippen LogP contribution in [0.4, 0.5) is 0 Å². The first-order valence-corrected chi connectivity index (χ1v) is 7.97. The monoisotopic (exact) mass is 302 g/mol. The Balaban J connectivity index is 2.21. The molecule has 2 aromatic carbocycles. The standard InChI is InChI=1S/C21H22N2/c1-13-9-6-7-12-18(13)20-16(4)23-21(17(5)22-20)19-14(2)10-8-11-15(19)3/h6-12H,1-5H3. The van der Waals surface area contributed by atoms with E-state index in [9.17, 15) is 0 Å². The average molecular weight is 302 g/mol. The zero-order valence-corrected chi connectivity index (χ0v) is 14.4. The van der Waals surface area contributed by atoms with Gasteiger partial charge in [-0.1, -0.05) is 42.5 Å². The molecule has 0 fully saturated rings. The van der Waals surface area contributed by atoms with Crippen LogP contribution in [0.25, 0.3) is 22.5 Å². The van der Waals surface area contributed by atoms with E-state index in [1.54, 1.807) is 0 Å². The van der Waals surface area contributed by atoms with Crippen LogP contribution < -0.4 is 0 Å². The Hall–Kier alpha value is -2.48. The van der Waals surface area contributed by atoms with E-state index < -0.39 is 0 Å². The molecule has 3 rings (SSSR count). The Morgan fingerprint density at radius 1 is 0.565 bits per heavy atom. The van der Waals surface area contributed by atoms with Gasteiger partial charge in [0.2, 0.25) is 0 Å². The quantitative estimate of drug-likeness (QED) is 0.637. The molecule has 1 aromatic heterocycles. The van der Waals surface area contributed by atoms with Crippen LogP contribution >= 0.6 is 0 Å². The van der Waals surface area contributed by atoms with E-state index in [0.717, 1.165) is 28.3 Å². The average Bonchev–Trinajstić information content (AvgIpc) is 2.51. The number of hydrogen-bond donors (Lipinski definition) is 0. The SMILES string of the molecule is Cc1ccccc1-c1nc(C)c(-c2c(C)cccc2C)nc1C. The summed E-state index contributed by atoms with van der Waals surface area (Å²) in [5.41, 5.74) is 10.0. The van der Waals surface area contributed by atoms with Crippen molar-refractivity contribution in [2.24, 2.45) is 0 Å². The molecule has 0 aliphatic carbocycles. The van der Waals surface area contributed by atoms with Crippen molar-refractivity contribution >= 4 is 0 Å². The van der Waals surface area contributed by atoms with Crippen LogP contribution in [0, 0.1) is 34.6 Å². The minimum Gasteiger partial charge on any atom is -0.249 e. The molecule has 2 heteroatoms. The third kappa shape index (κ3) is 2.77. The van der Waals surface area contributed by atoms with E-state index in [1.165, 1.54) is 22.3 Å². The minimum absolute atomic E-state index is 0.975. The van der Waals surface area contributed by atoms with Crippen LogP contribution in [-0.2, 0) is 0 Å². The Morgan fingerprint density at radius 2 is 1.09 bits per heavy atom. The van der Waals surface area contributed by atoms with Gasteiger partial charge in [-0.3, -0.25) is 0 Å². The molecule has 23 heavy (non-hydrogen) atoms. The first-order valence-electron chi connectivity index (χ1n) is 7.97. The fourth-order valence-electron chi connectivity index (χ4n) is 3.12. The number of benzene rings is 2. The molecule has 3 aromatic rings. The van der Waals surface area contributed by atoms with Crippen molar-refractivity contribution in [2.45, 2.75) is 34.6 Å². The second-order valence-corrected chi connectivity index (χ2v) is 6.17. The van der Waals surface area contributed by atoms with Gasteiger partial charge in [0.15, 0.2) is 0 Å². The lowest BCUT2D eigenvalue weighted by atomic mass is 9.97. The first-order chi connectivity index (χ1) is 11.0. The van der Waals surface area contributed by atoms with Gasteiger partial charge in [0.25, 0.3) is 0 Å². The summed E-state index contributed by atoms with van der Waals surface area (Å²) in [6, 6.07) is 14.7. The first kappa shape index (κ1) is 15.4. The van der Waals surface area contributed by atoms with Gasteiger partial charge in [0, 0.05) is 11.1 Å². The molecule has 0 saturated heterocycles. The maximum absolute atomic E-state index is 4.92. The normalized spacial score (nSPS) is 10.8. The summed E-state index contributed by atoms with van der Waals surface area (Å²) in [4.78, 5) is 9.82. The summed E-state index contributed by atoms with van der Waals surface area (Å²) in [6.07, 6.45) is 0. The molecule has 0 aliphatic heterocycles. The van der Waals surface area contributed by atoms with Gasteiger partial charge >= 0.3 is 0 Å². The molecular weight excluding hydrogens is 280 g/mol. The Labute approximate surface area is 138 Å². The molecule has 0 bridgehead atoms. The minimum atomic E-state index is 0.975. The van der Waals surface area contributed by atoms with Crippen molar-refractivity contribution in [1.29, 1.82) is 0 Å². The van der Waals surface area contributed by atoms with Gasteiger partial charge in [0.1, 0.15) is 0 Å². The van der Waals surface area contributed by atoms with Crippen molar-refractivity contribution < 1.29 is 0 Å². The molecule has 0 aliphatic rings. The van der Waals surface area contributed by atoms with E-state index in [0.29, 0.717) is 0 Å². The summed E-state index contributed by atoms with van der Waals surface area (Å²) >= 11 is 0. The van der Waals surface area contributed by atoms with E-state index >= 15 is 0 Å². The zero-order valence-electron chi connectivity index (χ0n) is 14.4. The second kappa shape index (κ2) is 5.96. The zero-order chi connectivity index (χ0) is 16.6. The van der Waals surface area contributed by atoms with Crippen LogP contribution in [0.3, 0.4) is 0 Å². The summed E-state index contributed by atoms with van der Waals surface area (Å²) < 4.78 is 0. The maximum atomic E-state index is 4.92. The lowest BCUT2D eigenvalue weighted by Crippen LogP contribution is -2.02. The molecule has 0 unspecified atom stereocenters. The van der Waals surface area contributed by atoms with Crippen LogP contribution in [-0.4, -0.2) is 9.97 Å². The highest BCUT2D eigenvalue weighted by molar-refractivity contribution is 5.72. The highest BCUT2D eigenvalue weighted by atomic mass is 14.8. The largest absolute Gasteiger partial charge is 0.249 e. The van der Waals surface area contributed by atoms with Crippen LogP contribution in [0.2, 0.25) is 0 Å². The smallest absolute Gasteiger partial charge is 0.0923 e. The predicted octanol–water partition coefficient (Wildman–Crippen LogP) is 5.35. The molecule has 0 N–H and O–H groups in total. The lowest BCUT2D eigenvalue weighted by molar-refractivity contribution is 1.07. The van der Waals surface area contributed by atoms with Crippen LogP contribution in [0.15, 0.2) is 42.5 Å². The van der Waals surface area contributed by atoms with Crippen molar-refractivity contribution in [1.82, 2.24) is 9.97 Å². The predicted molar refractivity (Wildman–Crippen MR) is 96.6 cm³/mol. The highest BCUT2D eigenvalue weighted by Crippen LogP contribution is 2.31. The molecule has 2 nitrogen and oxygen atoms in total. The number of aromatic nitrogens is 2. The fourth-order valence-corrected chi connectivity index (χ4v) is 3.12. The van der Waals surface area contributed by atoms with Gasteiger partial charge in [-0.05, 0) is 51.3 Å². The Bertz CT molecular complexity index is 859. The third-order valence-electron chi connectivity index (χ3n) is 4.36. The summed E-state index contributed by atoms with van der Waals surface area (Å²) in [5.74, 6) is 0. The van der Waals surface area contributed by atoms with Crippen molar-refractivity contribution in [3.63, 3.8) is 0 Å². The molecular formula is C21H22N2. The van der Waals surface area contributed by atoms with Gasteiger partial charge in [-0.15, -0.1) is 0 Å². The molecule has 0 amide bonds. The molecule has 0 radical (unpaired) electrons. The van der Waals surface area contributed by atoms with Gasteiger partial charge < -0.3 is 0 Å². The Morgan fingerprint density at radius 3 is 1.74 bits per heavy atom. The summed E-state index contributed by atoms with van der Waals surface area (Å²) in [5, 5.41) is 0. The third-order valence-corrected chi connectivity index (χ3v) is 4.36. The van der Waals surface area contributed by atoms with E-state index in [1.807, 2.05) is 6.92 Å². The van der Waals surface area contributed by atoms with E-state index in [2.05, 4.69) is 70.2 Å².